The highest BCUT2D eigenvalue weighted by Gasteiger charge is 2.44. The molecule has 3 rings (SSSR count). The minimum atomic E-state index is -0.0406. The third kappa shape index (κ3) is 2.05. The van der Waals surface area contributed by atoms with Crippen LogP contribution in [0.1, 0.15) is 50.2 Å². The zero-order chi connectivity index (χ0) is 13.6. The van der Waals surface area contributed by atoms with Crippen molar-refractivity contribution in [2.75, 3.05) is 0 Å². The highest BCUT2D eigenvalue weighted by molar-refractivity contribution is 6.31. The van der Waals surface area contributed by atoms with Crippen molar-refractivity contribution in [3.8, 4) is 5.75 Å². The molecule has 0 unspecified atom stereocenters. The lowest BCUT2D eigenvalue weighted by molar-refractivity contribution is 0.201. The molecule has 0 aromatic heterocycles. The molecule has 1 aromatic rings. The molecule has 3 heteroatoms. The lowest BCUT2D eigenvalue weighted by atomic mass is 9.60. The first-order chi connectivity index (χ1) is 9.02. The molecular weight excluding hydrogens is 258 g/mol. The smallest absolute Gasteiger partial charge is 0.117 e. The number of rotatable bonds is 0. The van der Waals surface area contributed by atoms with E-state index in [2.05, 4.69) is 6.92 Å². The number of fused-ring (bicyclic) bond motifs is 4. The summed E-state index contributed by atoms with van der Waals surface area (Å²) < 4.78 is 0. The summed E-state index contributed by atoms with van der Waals surface area (Å²) in [4.78, 5) is 0. The summed E-state index contributed by atoms with van der Waals surface area (Å²) >= 11 is 6.36. The Labute approximate surface area is 120 Å². The van der Waals surface area contributed by atoms with Crippen molar-refractivity contribution in [1.29, 1.82) is 0 Å². The lowest BCUT2D eigenvalue weighted by Gasteiger charge is -2.47. The zero-order valence-electron chi connectivity index (χ0n) is 11.5. The highest BCUT2D eigenvalue weighted by Crippen LogP contribution is 2.48. The Hall–Kier alpha value is -0.730. The molecule has 0 spiro atoms. The Morgan fingerprint density at radius 1 is 1.32 bits per heavy atom. The molecule has 0 radical (unpaired) electrons. The number of halogens is 1. The maximum atomic E-state index is 9.87. The van der Waals surface area contributed by atoms with Gasteiger partial charge in [0.1, 0.15) is 5.75 Å². The van der Waals surface area contributed by atoms with Crippen LogP contribution >= 0.6 is 11.6 Å². The van der Waals surface area contributed by atoms with Crippen molar-refractivity contribution in [3.05, 3.63) is 28.3 Å². The molecule has 2 bridgehead atoms. The fourth-order valence-electron chi connectivity index (χ4n) is 4.09. The number of nitrogens with two attached hydrogens (primary N) is 1. The van der Waals surface area contributed by atoms with Gasteiger partial charge in [0.05, 0.1) is 0 Å². The van der Waals surface area contributed by atoms with Crippen LogP contribution in [0.3, 0.4) is 0 Å². The Morgan fingerprint density at radius 3 is 2.89 bits per heavy atom. The fraction of sp³-hybridized carbons (Fsp3) is 0.625. The summed E-state index contributed by atoms with van der Waals surface area (Å²) in [5, 5.41) is 10.6. The SMILES string of the molecule is C[C@@]12CCCCC[C@@H](Cc3c(Cl)cc(O)cc31)[C@@H]2N. The van der Waals surface area contributed by atoms with Crippen molar-refractivity contribution in [2.24, 2.45) is 11.7 Å². The number of phenolic OH excluding ortho intramolecular Hbond substituents is 1. The van der Waals surface area contributed by atoms with Gasteiger partial charge in [0, 0.05) is 16.5 Å². The maximum Gasteiger partial charge on any atom is 0.117 e. The first-order valence-corrected chi connectivity index (χ1v) is 7.67. The molecule has 3 N–H and O–H groups in total. The topological polar surface area (TPSA) is 46.2 Å². The van der Waals surface area contributed by atoms with E-state index in [0.29, 0.717) is 10.9 Å². The molecule has 3 atom stereocenters. The second kappa shape index (κ2) is 4.68. The molecule has 104 valence electrons. The van der Waals surface area contributed by atoms with E-state index in [9.17, 15) is 5.11 Å². The van der Waals surface area contributed by atoms with Gasteiger partial charge < -0.3 is 10.8 Å². The van der Waals surface area contributed by atoms with Crippen molar-refractivity contribution in [1.82, 2.24) is 0 Å². The lowest BCUT2D eigenvalue weighted by Crippen LogP contribution is -2.52. The number of benzene rings is 1. The molecule has 0 aliphatic heterocycles. The average Bonchev–Trinajstić information content (AvgIpc) is 2.35. The van der Waals surface area contributed by atoms with Crippen molar-refractivity contribution < 1.29 is 5.11 Å². The van der Waals surface area contributed by atoms with Crippen molar-refractivity contribution in [3.63, 3.8) is 0 Å². The van der Waals surface area contributed by atoms with Gasteiger partial charge in [-0.2, -0.15) is 0 Å². The van der Waals surface area contributed by atoms with Gasteiger partial charge in [-0.3, -0.25) is 0 Å². The van der Waals surface area contributed by atoms with Gasteiger partial charge in [0.25, 0.3) is 0 Å². The molecule has 1 saturated carbocycles. The summed E-state index contributed by atoms with van der Waals surface area (Å²) in [6, 6.07) is 3.73. The van der Waals surface area contributed by atoms with Crippen LogP contribution in [0.25, 0.3) is 0 Å². The highest BCUT2D eigenvalue weighted by atomic mass is 35.5. The molecular formula is C16H22ClNO. The Bertz CT molecular complexity index is 502. The van der Waals surface area contributed by atoms with Gasteiger partial charge in [0.2, 0.25) is 0 Å². The minimum absolute atomic E-state index is 0.0406. The average molecular weight is 280 g/mol. The van der Waals surface area contributed by atoms with Crippen LogP contribution in [0.4, 0.5) is 0 Å². The third-order valence-corrected chi connectivity index (χ3v) is 5.61. The van der Waals surface area contributed by atoms with Gasteiger partial charge >= 0.3 is 0 Å². The first-order valence-electron chi connectivity index (χ1n) is 7.30. The normalized spacial score (nSPS) is 34.3. The van der Waals surface area contributed by atoms with Crippen LogP contribution < -0.4 is 5.73 Å². The number of aromatic hydroxyl groups is 1. The minimum Gasteiger partial charge on any atom is -0.508 e. The molecule has 1 aromatic carbocycles. The van der Waals surface area contributed by atoms with E-state index in [1.54, 1.807) is 6.07 Å². The van der Waals surface area contributed by atoms with Crippen molar-refractivity contribution in [2.45, 2.75) is 56.9 Å². The van der Waals surface area contributed by atoms with Gasteiger partial charge in [-0.1, -0.05) is 37.8 Å². The van der Waals surface area contributed by atoms with Crippen LogP contribution in [0.15, 0.2) is 12.1 Å². The first kappa shape index (κ1) is 13.3. The number of hydrogen-bond acceptors (Lipinski definition) is 2. The summed E-state index contributed by atoms with van der Waals surface area (Å²) in [6.45, 7) is 2.25. The van der Waals surface area contributed by atoms with E-state index in [0.717, 1.165) is 12.8 Å². The molecule has 0 amide bonds. The largest absolute Gasteiger partial charge is 0.508 e. The van der Waals surface area contributed by atoms with Crippen LogP contribution in [-0.2, 0) is 11.8 Å². The summed E-state index contributed by atoms with van der Waals surface area (Å²) in [5.41, 5.74) is 8.94. The van der Waals surface area contributed by atoms with Gasteiger partial charge in [0.15, 0.2) is 0 Å². The molecule has 0 saturated heterocycles. The summed E-state index contributed by atoms with van der Waals surface area (Å²) in [6.07, 6.45) is 7.04. The number of hydrogen-bond donors (Lipinski definition) is 2. The third-order valence-electron chi connectivity index (χ3n) is 5.28. The number of phenols is 1. The van der Waals surface area contributed by atoms with Gasteiger partial charge in [-0.25, -0.2) is 0 Å². The second-order valence-electron chi connectivity index (χ2n) is 6.46. The predicted molar refractivity (Wildman–Crippen MR) is 78.7 cm³/mol. The van der Waals surface area contributed by atoms with E-state index < -0.39 is 0 Å². The van der Waals surface area contributed by atoms with E-state index in [4.69, 9.17) is 17.3 Å². The van der Waals surface area contributed by atoms with Crippen molar-refractivity contribution >= 4 is 11.6 Å². The van der Waals surface area contributed by atoms with Crippen LogP contribution in [-0.4, -0.2) is 11.1 Å². The van der Waals surface area contributed by atoms with E-state index in [1.165, 1.54) is 36.8 Å². The van der Waals surface area contributed by atoms with E-state index >= 15 is 0 Å². The molecule has 1 fully saturated rings. The van der Waals surface area contributed by atoms with Gasteiger partial charge in [-0.15, -0.1) is 0 Å². The Morgan fingerprint density at radius 2 is 2.11 bits per heavy atom. The molecule has 2 aliphatic rings. The Balaban J connectivity index is 2.17. The standard InChI is InChI=1S/C16H22ClNO/c1-16-6-4-2-3-5-10(15(16)18)7-12-13(16)8-11(19)9-14(12)17/h8-10,15,19H,2-7,18H2,1H3/t10-,15-,16+/m0/s1. The van der Waals surface area contributed by atoms with Crippen LogP contribution in [0, 0.1) is 5.92 Å². The molecule has 2 nitrogen and oxygen atoms in total. The second-order valence-corrected chi connectivity index (χ2v) is 6.87. The summed E-state index contributed by atoms with van der Waals surface area (Å²) in [7, 11) is 0. The van der Waals surface area contributed by atoms with E-state index in [-0.39, 0.29) is 17.2 Å². The molecule has 19 heavy (non-hydrogen) atoms. The Kier molecular flexibility index (Phi) is 3.26. The van der Waals surface area contributed by atoms with E-state index in [1.807, 2.05) is 6.07 Å². The van der Waals surface area contributed by atoms with Crippen LogP contribution in [0.5, 0.6) is 5.75 Å². The fourth-order valence-corrected chi connectivity index (χ4v) is 4.38. The zero-order valence-corrected chi connectivity index (χ0v) is 12.2. The summed E-state index contributed by atoms with van der Waals surface area (Å²) in [5.74, 6) is 0.789. The maximum absolute atomic E-state index is 9.87. The van der Waals surface area contributed by atoms with Crippen LogP contribution in [0.2, 0.25) is 5.02 Å². The quantitative estimate of drug-likeness (QED) is 0.759. The monoisotopic (exact) mass is 279 g/mol. The molecule has 2 aliphatic carbocycles. The molecule has 0 heterocycles. The predicted octanol–water partition coefficient (Wildman–Crippen LogP) is 3.77. The van der Waals surface area contributed by atoms with Gasteiger partial charge in [-0.05, 0) is 48.4 Å².